The SMILES string of the molecule is COc1ccc(C(=O)N2CCC(Cc3ccccc3)CC2)cc1-n1cnnn1. The van der Waals surface area contributed by atoms with Gasteiger partial charge in [0.2, 0.25) is 0 Å². The lowest BCUT2D eigenvalue weighted by Crippen LogP contribution is -2.39. The minimum atomic E-state index is 0.0372. The lowest BCUT2D eigenvalue weighted by molar-refractivity contribution is 0.0690. The molecule has 0 atom stereocenters. The van der Waals surface area contributed by atoms with E-state index in [1.165, 1.54) is 16.6 Å². The predicted molar refractivity (Wildman–Crippen MR) is 104 cm³/mol. The molecule has 1 saturated heterocycles. The van der Waals surface area contributed by atoms with Crippen LogP contribution in [0.3, 0.4) is 0 Å². The highest BCUT2D eigenvalue weighted by molar-refractivity contribution is 5.95. The zero-order chi connectivity index (χ0) is 19.3. The molecule has 0 unspecified atom stereocenters. The van der Waals surface area contributed by atoms with Crippen LogP contribution in [0.2, 0.25) is 0 Å². The number of tetrazole rings is 1. The molecule has 0 bridgehead atoms. The number of hydrogen-bond acceptors (Lipinski definition) is 5. The lowest BCUT2D eigenvalue weighted by atomic mass is 9.90. The maximum atomic E-state index is 13.0. The van der Waals surface area contributed by atoms with E-state index in [-0.39, 0.29) is 5.91 Å². The van der Waals surface area contributed by atoms with Crippen molar-refractivity contribution < 1.29 is 9.53 Å². The van der Waals surface area contributed by atoms with E-state index in [0.717, 1.165) is 32.4 Å². The summed E-state index contributed by atoms with van der Waals surface area (Å²) in [5.74, 6) is 1.28. The van der Waals surface area contributed by atoms with Gasteiger partial charge in [0.1, 0.15) is 17.8 Å². The molecule has 1 amide bonds. The number of piperidine rings is 1. The maximum absolute atomic E-state index is 13.0. The zero-order valence-corrected chi connectivity index (χ0v) is 15.9. The Hall–Kier alpha value is -3.22. The highest BCUT2D eigenvalue weighted by Gasteiger charge is 2.24. The predicted octanol–water partition coefficient (Wildman–Crippen LogP) is 2.77. The van der Waals surface area contributed by atoms with Crippen LogP contribution in [-0.2, 0) is 6.42 Å². The fraction of sp³-hybridized carbons (Fsp3) is 0.333. The van der Waals surface area contributed by atoms with Gasteiger partial charge in [0.15, 0.2) is 0 Å². The van der Waals surface area contributed by atoms with Crippen LogP contribution in [0, 0.1) is 5.92 Å². The van der Waals surface area contributed by atoms with Crippen LogP contribution in [0.4, 0.5) is 0 Å². The van der Waals surface area contributed by atoms with Gasteiger partial charge >= 0.3 is 0 Å². The van der Waals surface area contributed by atoms with Gasteiger partial charge in [0, 0.05) is 18.7 Å². The van der Waals surface area contributed by atoms with Gasteiger partial charge in [-0.2, -0.15) is 4.68 Å². The summed E-state index contributed by atoms with van der Waals surface area (Å²) in [7, 11) is 1.59. The second-order valence-electron chi connectivity index (χ2n) is 7.07. The summed E-state index contributed by atoms with van der Waals surface area (Å²) in [6, 6.07) is 15.9. The number of ether oxygens (including phenoxy) is 1. The van der Waals surface area contributed by atoms with Crippen LogP contribution < -0.4 is 4.74 Å². The van der Waals surface area contributed by atoms with Gasteiger partial charge in [-0.05, 0) is 59.4 Å². The normalized spacial score (nSPS) is 14.8. The molecule has 0 saturated carbocycles. The number of likely N-dealkylation sites (tertiary alicyclic amines) is 1. The molecule has 0 spiro atoms. The highest BCUT2D eigenvalue weighted by atomic mass is 16.5. The number of amides is 1. The molecule has 3 aromatic rings. The largest absolute Gasteiger partial charge is 0.494 e. The average Bonchev–Trinajstić information content (AvgIpc) is 3.29. The minimum Gasteiger partial charge on any atom is -0.494 e. The first-order chi connectivity index (χ1) is 13.7. The van der Waals surface area contributed by atoms with Crippen molar-refractivity contribution in [1.29, 1.82) is 0 Å². The van der Waals surface area contributed by atoms with E-state index in [2.05, 4.69) is 39.8 Å². The summed E-state index contributed by atoms with van der Waals surface area (Å²) < 4.78 is 6.88. The Kier molecular flexibility index (Phi) is 5.32. The molecule has 0 N–H and O–H groups in total. The molecule has 1 aliphatic heterocycles. The molecule has 2 heterocycles. The number of carbonyl (C=O) groups is 1. The standard InChI is InChI=1S/C21H23N5O2/c1-28-20-8-7-18(14-19(20)26-15-22-23-24-26)21(27)25-11-9-17(10-12-25)13-16-5-3-2-4-6-16/h2-8,14-15,17H,9-13H2,1H3. The first-order valence-corrected chi connectivity index (χ1v) is 9.49. The summed E-state index contributed by atoms with van der Waals surface area (Å²) >= 11 is 0. The summed E-state index contributed by atoms with van der Waals surface area (Å²) in [5.41, 5.74) is 2.64. The molecule has 4 rings (SSSR count). The van der Waals surface area contributed by atoms with Gasteiger partial charge in [-0.25, -0.2) is 0 Å². The van der Waals surface area contributed by atoms with E-state index in [4.69, 9.17) is 4.74 Å². The molecule has 144 valence electrons. The molecule has 7 heteroatoms. The number of carbonyl (C=O) groups excluding carboxylic acids is 1. The van der Waals surface area contributed by atoms with Gasteiger partial charge in [-0.3, -0.25) is 4.79 Å². The van der Waals surface area contributed by atoms with Crippen LogP contribution in [0.15, 0.2) is 54.9 Å². The van der Waals surface area contributed by atoms with Gasteiger partial charge in [-0.15, -0.1) is 5.10 Å². The molecular formula is C21H23N5O2. The Morgan fingerprint density at radius 3 is 2.61 bits per heavy atom. The summed E-state index contributed by atoms with van der Waals surface area (Å²) in [5, 5.41) is 11.2. The number of aromatic nitrogens is 4. The minimum absolute atomic E-state index is 0.0372. The second kappa shape index (κ2) is 8.21. The summed E-state index contributed by atoms with van der Waals surface area (Å²) in [6.07, 6.45) is 4.61. The van der Waals surface area contributed by atoms with Gasteiger partial charge in [-0.1, -0.05) is 30.3 Å². The Morgan fingerprint density at radius 1 is 1.14 bits per heavy atom. The van der Waals surface area contributed by atoms with Crippen LogP contribution in [0.1, 0.15) is 28.8 Å². The number of benzene rings is 2. The quantitative estimate of drug-likeness (QED) is 0.684. The summed E-state index contributed by atoms with van der Waals surface area (Å²) in [4.78, 5) is 14.9. The Morgan fingerprint density at radius 2 is 1.93 bits per heavy atom. The summed E-state index contributed by atoms with van der Waals surface area (Å²) in [6.45, 7) is 1.56. The molecule has 1 aromatic heterocycles. The second-order valence-corrected chi connectivity index (χ2v) is 7.07. The Bertz CT molecular complexity index is 919. The Labute approximate surface area is 163 Å². The molecule has 1 fully saturated rings. The number of nitrogens with zero attached hydrogens (tertiary/aromatic N) is 5. The number of methoxy groups -OCH3 is 1. The van der Waals surface area contributed by atoms with Crippen molar-refractivity contribution in [1.82, 2.24) is 25.1 Å². The van der Waals surface area contributed by atoms with Gasteiger partial charge in [0.25, 0.3) is 5.91 Å². The monoisotopic (exact) mass is 377 g/mol. The third-order valence-corrected chi connectivity index (χ3v) is 5.29. The van der Waals surface area contributed by atoms with E-state index < -0.39 is 0 Å². The molecule has 28 heavy (non-hydrogen) atoms. The van der Waals surface area contributed by atoms with Crippen molar-refractivity contribution in [2.24, 2.45) is 5.92 Å². The average molecular weight is 377 g/mol. The lowest BCUT2D eigenvalue weighted by Gasteiger charge is -2.32. The first kappa shape index (κ1) is 18.2. The van der Waals surface area contributed by atoms with Crippen molar-refractivity contribution in [3.63, 3.8) is 0 Å². The van der Waals surface area contributed by atoms with Crippen LogP contribution in [0.25, 0.3) is 5.69 Å². The van der Waals surface area contributed by atoms with E-state index >= 15 is 0 Å². The number of hydrogen-bond donors (Lipinski definition) is 0. The highest BCUT2D eigenvalue weighted by Crippen LogP contribution is 2.26. The Balaban J connectivity index is 1.43. The van der Waals surface area contributed by atoms with Crippen LogP contribution in [0.5, 0.6) is 5.75 Å². The third kappa shape index (κ3) is 3.88. The molecule has 0 radical (unpaired) electrons. The van der Waals surface area contributed by atoms with Gasteiger partial charge in [0.05, 0.1) is 7.11 Å². The molecule has 7 nitrogen and oxygen atoms in total. The van der Waals surface area contributed by atoms with Crippen molar-refractivity contribution in [2.75, 3.05) is 20.2 Å². The molecule has 2 aromatic carbocycles. The molecular weight excluding hydrogens is 354 g/mol. The van der Waals surface area contributed by atoms with Crippen molar-refractivity contribution in [3.8, 4) is 11.4 Å². The number of rotatable bonds is 5. The van der Waals surface area contributed by atoms with E-state index in [9.17, 15) is 4.79 Å². The van der Waals surface area contributed by atoms with Crippen LogP contribution in [-0.4, -0.2) is 51.2 Å². The van der Waals surface area contributed by atoms with Gasteiger partial charge < -0.3 is 9.64 Å². The fourth-order valence-corrected chi connectivity index (χ4v) is 3.74. The van der Waals surface area contributed by atoms with Crippen molar-refractivity contribution in [3.05, 3.63) is 66.0 Å². The van der Waals surface area contributed by atoms with Crippen molar-refractivity contribution in [2.45, 2.75) is 19.3 Å². The first-order valence-electron chi connectivity index (χ1n) is 9.49. The smallest absolute Gasteiger partial charge is 0.253 e. The zero-order valence-electron chi connectivity index (χ0n) is 15.9. The molecule has 0 aliphatic carbocycles. The van der Waals surface area contributed by atoms with E-state index in [1.54, 1.807) is 25.3 Å². The topological polar surface area (TPSA) is 73.1 Å². The fourth-order valence-electron chi connectivity index (χ4n) is 3.74. The molecule has 1 aliphatic rings. The van der Waals surface area contributed by atoms with Crippen LogP contribution >= 0.6 is 0 Å². The van der Waals surface area contributed by atoms with E-state index in [1.807, 2.05) is 11.0 Å². The van der Waals surface area contributed by atoms with Crippen molar-refractivity contribution >= 4 is 5.91 Å². The maximum Gasteiger partial charge on any atom is 0.253 e. The third-order valence-electron chi connectivity index (χ3n) is 5.29. The van der Waals surface area contributed by atoms with E-state index in [0.29, 0.717) is 22.9 Å².